The van der Waals surface area contributed by atoms with Crippen LogP contribution in [-0.2, 0) is 20.0 Å². The number of sulfonamides is 2. The summed E-state index contributed by atoms with van der Waals surface area (Å²) < 4.78 is 57.6. The van der Waals surface area contributed by atoms with Crippen molar-refractivity contribution >= 4 is 42.8 Å². The fourth-order valence-corrected chi connectivity index (χ4v) is 6.68. The molecule has 4 rings (SSSR count). The highest BCUT2D eigenvalue weighted by Gasteiger charge is 2.26. The molecule has 0 bridgehead atoms. The molecule has 0 radical (unpaired) electrons. The van der Waals surface area contributed by atoms with Crippen LogP contribution in [-0.4, -0.2) is 28.3 Å². The van der Waals surface area contributed by atoms with E-state index in [1.165, 1.54) is 30.3 Å². The van der Waals surface area contributed by atoms with Gasteiger partial charge in [0.25, 0.3) is 25.7 Å². The van der Waals surface area contributed by atoms with Gasteiger partial charge in [0.05, 0.1) is 26.1 Å². The van der Waals surface area contributed by atoms with Crippen LogP contribution in [0.25, 0.3) is 0 Å². The summed E-state index contributed by atoms with van der Waals surface area (Å²) in [6.45, 7) is 4.12. The highest BCUT2D eigenvalue weighted by atomic mass is 32.2. The second kappa shape index (κ2) is 11.6. The lowest BCUT2D eigenvalue weighted by molar-refractivity contribution is -0.383. The number of hydrogen-bond donors (Lipinski definition) is 3. The van der Waals surface area contributed by atoms with Crippen LogP contribution in [0, 0.1) is 29.9 Å². The lowest BCUT2D eigenvalue weighted by Gasteiger charge is -2.23. The lowest BCUT2D eigenvalue weighted by Crippen LogP contribution is -2.20. The summed E-state index contributed by atoms with van der Waals surface area (Å²) in [5, 5.41) is 15.1. The van der Waals surface area contributed by atoms with Crippen molar-refractivity contribution in [1.29, 1.82) is 0 Å². The number of rotatable bonds is 10. The molecule has 0 aromatic heterocycles. The van der Waals surface area contributed by atoms with Gasteiger partial charge in [-0.25, -0.2) is 16.8 Å². The van der Waals surface area contributed by atoms with Gasteiger partial charge < -0.3 is 5.32 Å². The van der Waals surface area contributed by atoms with Crippen LogP contribution >= 0.6 is 0 Å². The Bertz CT molecular complexity index is 1550. The van der Waals surface area contributed by atoms with Gasteiger partial charge in [0, 0.05) is 12.6 Å². The SMILES string of the molecule is Cc1ccc(S(=O)(=O)Nc2cc(NCC3CCCCC3)c([N+](=O)[O-])cc2NS(=O)(=O)c2ccc(C)cc2)cc1. The van der Waals surface area contributed by atoms with E-state index in [0.29, 0.717) is 12.5 Å². The zero-order chi connectivity index (χ0) is 28.2. The van der Waals surface area contributed by atoms with E-state index in [4.69, 9.17) is 0 Å². The Balaban J connectivity index is 1.76. The predicted molar refractivity (Wildman–Crippen MR) is 152 cm³/mol. The smallest absolute Gasteiger partial charge is 0.294 e. The van der Waals surface area contributed by atoms with Crippen molar-refractivity contribution in [3.8, 4) is 0 Å². The molecule has 0 spiro atoms. The normalized spacial score (nSPS) is 14.5. The number of nitro benzene ring substituents is 1. The Kier molecular flexibility index (Phi) is 8.45. The molecule has 0 aliphatic heterocycles. The molecule has 0 saturated heterocycles. The van der Waals surface area contributed by atoms with Crippen LogP contribution < -0.4 is 14.8 Å². The number of nitro groups is 1. The first-order valence-electron chi connectivity index (χ1n) is 12.7. The maximum Gasteiger partial charge on any atom is 0.294 e. The summed E-state index contributed by atoms with van der Waals surface area (Å²) >= 11 is 0. The van der Waals surface area contributed by atoms with Crippen LogP contribution in [0.2, 0.25) is 0 Å². The van der Waals surface area contributed by atoms with Gasteiger partial charge in [-0.15, -0.1) is 0 Å². The number of hydrogen-bond acceptors (Lipinski definition) is 7. The monoisotopic (exact) mass is 572 g/mol. The molecular weight excluding hydrogens is 540 g/mol. The van der Waals surface area contributed by atoms with Crippen molar-refractivity contribution in [2.24, 2.45) is 5.92 Å². The number of anilines is 3. The number of nitrogens with one attached hydrogen (secondary N) is 3. The molecule has 39 heavy (non-hydrogen) atoms. The molecular formula is C27H32N4O6S2. The van der Waals surface area contributed by atoms with Crippen molar-refractivity contribution in [3.05, 3.63) is 81.9 Å². The van der Waals surface area contributed by atoms with E-state index in [1.54, 1.807) is 24.3 Å². The average Bonchev–Trinajstić information content (AvgIpc) is 2.89. The second-order valence-corrected chi connectivity index (χ2v) is 13.3. The van der Waals surface area contributed by atoms with Gasteiger partial charge in [-0.3, -0.25) is 19.6 Å². The van der Waals surface area contributed by atoms with Crippen molar-refractivity contribution in [2.45, 2.75) is 55.7 Å². The molecule has 1 saturated carbocycles. The van der Waals surface area contributed by atoms with E-state index in [9.17, 15) is 26.9 Å². The van der Waals surface area contributed by atoms with Crippen LogP contribution in [0.1, 0.15) is 43.2 Å². The molecule has 3 aromatic rings. The van der Waals surface area contributed by atoms with Crippen LogP contribution in [0.4, 0.5) is 22.7 Å². The summed E-state index contributed by atoms with van der Waals surface area (Å²) in [7, 11) is -8.34. The van der Waals surface area contributed by atoms with Gasteiger partial charge >= 0.3 is 0 Å². The summed E-state index contributed by atoms with van der Waals surface area (Å²) in [6, 6.07) is 14.5. The van der Waals surface area contributed by atoms with E-state index in [0.717, 1.165) is 49.3 Å². The molecule has 1 fully saturated rings. The second-order valence-electron chi connectivity index (χ2n) is 9.89. The molecule has 10 nitrogen and oxygen atoms in total. The molecule has 0 heterocycles. The van der Waals surface area contributed by atoms with Gasteiger partial charge in [0.2, 0.25) is 0 Å². The Hall–Kier alpha value is -3.64. The highest BCUT2D eigenvalue weighted by Crippen LogP contribution is 2.38. The Morgan fingerprint density at radius 2 is 1.21 bits per heavy atom. The summed E-state index contributed by atoms with van der Waals surface area (Å²) in [5.74, 6) is 0.339. The fraction of sp³-hybridized carbons (Fsp3) is 0.333. The zero-order valence-electron chi connectivity index (χ0n) is 21.8. The summed E-state index contributed by atoms with van der Waals surface area (Å²) in [5.41, 5.74) is 1.05. The minimum atomic E-state index is -4.19. The highest BCUT2D eigenvalue weighted by molar-refractivity contribution is 7.93. The van der Waals surface area contributed by atoms with Crippen LogP contribution in [0.5, 0.6) is 0 Å². The van der Waals surface area contributed by atoms with Crippen molar-refractivity contribution in [3.63, 3.8) is 0 Å². The molecule has 1 aliphatic carbocycles. The standard InChI is InChI=1S/C27H32N4O6S2/c1-19-8-12-22(13-9-19)38(34,35)29-24-16-26(28-18-21-6-4-3-5-7-21)27(31(32)33)17-25(24)30-39(36,37)23-14-10-20(2)11-15-23/h8-17,21,28-30H,3-7,18H2,1-2H3. The minimum Gasteiger partial charge on any atom is -0.379 e. The summed E-state index contributed by atoms with van der Waals surface area (Å²) in [4.78, 5) is 11.3. The molecule has 208 valence electrons. The maximum atomic E-state index is 13.2. The van der Waals surface area contributed by atoms with Gasteiger partial charge in [-0.2, -0.15) is 0 Å². The first kappa shape index (κ1) is 28.4. The first-order valence-corrected chi connectivity index (χ1v) is 15.7. The minimum absolute atomic E-state index is 0.0319. The Morgan fingerprint density at radius 1 is 0.744 bits per heavy atom. The Morgan fingerprint density at radius 3 is 1.67 bits per heavy atom. The van der Waals surface area contributed by atoms with Gasteiger partial charge in [-0.1, -0.05) is 54.7 Å². The van der Waals surface area contributed by atoms with E-state index in [1.807, 2.05) is 13.8 Å². The number of nitrogens with zero attached hydrogens (tertiary/aromatic N) is 1. The largest absolute Gasteiger partial charge is 0.379 e. The quantitative estimate of drug-likeness (QED) is 0.205. The van der Waals surface area contributed by atoms with E-state index in [-0.39, 0.29) is 32.5 Å². The van der Waals surface area contributed by atoms with Crippen LogP contribution in [0.15, 0.2) is 70.5 Å². The van der Waals surface area contributed by atoms with Crippen molar-refractivity contribution < 1.29 is 21.8 Å². The van der Waals surface area contributed by atoms with E-state index in [2.05, 4.69) is 14.8 Å². The third kappa shape index (κ3) is 7.07. The van der Waals surface area contributed by atoms with E-state index < -0.39 is 25.0 Å². The fourth-order valence-electron chi connectivity index (χ4n) is 4.54. The average molecular weight is 573 g/mol. The Labute approximate surface area is 229 Å². The topological polar surface area (TPSA) is 148 Å². The predicted octanol–water partition coefficient (Wildman–Crippen LogP) is 5.81. The van der Waals surface area contributed by atoms with Crippen molar-refractivity contribution in [2.75, 3.05) is 21.3 Å². The maximum absolute atomic E-state index is 13.2. The van der Waals surface area contributed by atoms with Crippen LogP contribution in [0.3, 0.4) is 0 Å². The molecule has 3 N–H and O–H groups in total. The third-order valence-electron chi connectivity index (χ3n) is 6.79. The number of aryl methyl sites for hydroxylation is 2. The molecule has 12 heteroatoms. The molecule has 3 aromatic carbocycles. The molecule has 0 unspecified atom stereocenters. The van der Waals surface area contributed by atoms with Crippen molar-refractivity contribution in [1.82, 2.24) is 0 Å². The van der Waals surface area contributed by atoms with E-state index >= 15 is 0 Å². The zero-order valence-corrected chi connectivity index (χ0v) is 23.4. The molecule has 1 aliphatic rings. The first-order chi connectivity index (χ1) is 18.4. The van der Waals surface area contributed by atoms with Gasteiger partial charge in [0.15, 0.2) is 0 Å². The summed E-state index contributed by atoms with van der Waals surface area (Å²) in [6.07, 6.45) is 5.35. The number of benzene rings is 3. The molecule has 0 atom stereocenters. The van der Waals surface area contributed by atoms with Gasteiger partial charge in [-0.05, 0) is 62.9 Å². The molecule has 0 amide bonds. The third-order valence-corrected chi connectivity index (χ3v) is 9.55. The van der Waals surface area contributed by atoms with Gasteiger partial charge in [0.1, 0.15) is 5.69 Å². The lowest BCUT2D eigenvalue weighted by atomic mass is 9.89.